The molecule has 406 valence electrons. The van der Waals surface area contributed by atoms with Crippen LogP contribution < -0.4 is 27.0 Å². The zero-order valence-corrected chi connectivity index (χ0v) is 43.7. The molecule has 18 nitrogen and oxygen atoms in total. The highest BCUT2D eigenvalue weighted by molar-refractivity contribution is 5.94. The highest BCUT2D eigenvalue weighted by atomic mass is 19.2. The van der Waals surface area contributed by atoms with Crippen molar-refractivity contribution < 1.29 is 37.1 Å². The molecule has 1 aromatic carbocycles. The molecule has 2 atom stereocenters. The number of rotatable bonds is 14. The predicted molar refractivity (Wildman–Crippen MR) is 276 cm³/mol. The summed E-state index contributed by atoms with van der Waals surface area (Å²) >= 11 is 0. The first-order valence-corrected chi connectivity index (χ1v) is 27.6. The van der Waals surface area contributed by atoms with Gasteiger partial charge in [0.25, 0.3) is 0 Å². The summed E-state index contributed by atoms with van der Waals surface area (Å²) in [6.07, 6.45) is 20.4. The second-order valence-electron chi connectivity index (χ2n) is 21.6. The first-order chi connectivity index (χ1) is 35.8. The van der Waals surface area contributed by atoms with E-state index in [2.05, 4.69) is 53.2 Å². The number of nitrogens with zero attached hydrogens (tertiary/aromatic N) is 7. The van der Waals surface area contributed by atoms with Crippen molar-refractivity contribution in [1.29, 1.82) is 10.5 Å². The second kappa shape index (κ2) is 27.4. The smallest absolute Gasteiger partial charge is 0.441 e. The van der Waals surface area contributed by atoms with Crippen LogP contribution in [0.25, 0.3) is 11.0 Å². The van der Waals surface area contributed by atoms with E-state index in [1.54, 1.807) is 6.92 Å². The number of aromatic nitrogens is 1. The van der Waals surface area contributed by atoms with E-state index in [4.69, 9.17) is 13.9 Å². The fourth-order valence-corrected chi connectivity index (χ4v) is 11.7. The number of carbonyl (C=O) groups excluding carboxylic acids is 3. The number of aliphatic imine (C=N–C) groups is 1. The van der Waals surface area contributed by atoms with Crippen molar-refractivity contribution in [3.8, 4) is 12.1 Å². The number of nitrogens with one attached hydrogen (secondary N) is 4. The molecule has 20 heteroatoms. The molecule has 3 saturated heterocycles. The van der Waals surface area contributed by atoms with E-state index in [9.17, 15) is 38.5 Å². The van der Waals surface area contributed by atoms with Crippen molar-refractivity contribution in [2.45, 2.75) is 165 Å². The van der Waals surface area contributed by atoms with Crippen molar-refractivity contribution in [2.75, 3.05) is 78.0 Å². The minimum atomic E-state index is -1.29. The number of nitriles is 2. The number of benzene rings is 1. The Hall–Kier alpha value is -5.44. The summed E-state index contributed by atoms with van der Waals surface area (Å²) in [4.78, 5) is 66.3. The van der Waals surface area contributed by atoms with E-state index < -0.39 is 52.2 Å². The molecule has 2 unspecified atom stereocenters. The SMILES string of the molecule is CCOC(=O)/N=C(\NC(CC1CCCCC1)C(=O)NC1(C#N)CCN(CC2CCCCC2)CC1)N1CCOCC1.CN1CCC(C#N)(NC(=O)C(CC2CCCCC2)Nc2nc(=O)oc3c(F)c(F)ccc23)CC1. The Balaban J connectivity index is 0.000000219. The van der Waals surface area contributed by atoms with Crippen molar-refractivity contribution in [1.82, 2.24) is 35.6 Å². The Morgan fingerprint density at radius 3 is 1.86 bits per heavy atom. The van der Waals surface area contributed by atoms with E-state index in [0.717, 1.165) is 76.6 Å². The Labute approximate surface area is 434 Å². The monoisotopic (exact) mass is 1030 g/mol. The lowest BCUT2D eigenvalue weighted by molar-refractivity contribution is -0.125. The van der Waals surface area contributed by atoms with Gasteiger partial charge in [0.2, 0.25) is 23.6 Å². The Kier molecular flexibility index (Phi) is 20.8. The summed E-state index contributed by atoms with van der Waals surface area (Å²) in [6.45, 7) is 8.30. The van der Waals surface area contributed by atoms with E-state index in [1.807, 2.05) is 11.9 Å². The molecule has 0 radical (unpaired) electrons. The van der Waals surface area contributed by atoms with E-state index in [0.29, 0.717) is 89.8 Å². The van der Waals surface area contributed by atoms with Crippen LogP contribution in [0.2, 0.25) is 0 Å². The number of anilines is 1. The van der Waals surface area contributed by atoms with Crippen LogP contribution in [-0.4, -0.2) is 139 Å². The number of morpholine rings is 1. The van der Waals surface area contributed by atoms with Crippen molar-refractivity contribution in [3.05, 3.63) is 34.3 Å². The summed E-state index contributed by atoms with van der Waals surface area (Å²) in [6, 6.07) is 5.54. The van der Waals surface area contributed by atoms with Crippen LogP contribution in [0.3, 0.4) is 0 Å². The van der Waals surface area contributed by atoms with Crippen molar-refractivity contribution in [2.24, 2.45) is 22.7 Å². The van der Waals surface area contributed by atoms with Crippen molar-refractivity contribution >= 4 is 40.7 Å². The molecule has 8 rings (SSSR count). The number of ether oxygens (including phenoxy) is 2. The third-order valence-corrected chi connectivity index (χ3v) is 16.3. The minimum Gasteiger partial charge on any atom is -0.448 e. The van der Waals surface area contributed by atoms with Gasteiger partial charge in [0, 0.05) is 45.8 Å². The van der Waals surface area contributed by atoms with Crippen LogP contribution in [0.15, 0.2) is 26.3 Å². The first kappa shape index (κ1) is 56.3. The number of amides is 3. The molecule has 4 heterocycles. The number of piperidine rings is 2. The predicted octanol–water partition coefficient (Wildman–Crippen LogP) is 7.14. The average molecular weight is 1030 g/mol. The van der Waals surface area contributed by atoms with Crippen LogP contribution in [-0.2, 0) is 19.1 Å². The van der Waals surface area contributed by atoms with Gasteiger partial charge in [0.05, 0.1) is 37.3 Å². The molecule has 0 bridgehead atoms. The van der Waals surface area contributed by atoms with Gasteiger partial charge in [-0.05, 0) is 95.2 Å². The number of fused-ring (bicyclic) bond motifs is 1. The van der Waals surface area contributed by atoms with Crippen LogP contribution in [0.4, 0.5) is 19.4 Å². The molecular formula is C54H79F2N11O7. The fraction of sp³-hybridized carbons (Fsp3) is 0.741. The lowest BCUT2D eigenvalue weighted by Crippen LogP contribution is -2.61. The molecule has 3 aliphatic heterocycles. The summed E-state index contributed by atoms with van der Waals surface area (Å²) in [7, 11) is 1.97. The zero-order valence-electron chi connectivity index (χ0n) is 43.7. The molecule has 74 heavy (non-hydrogen) atoms. The molecule has 6 aliphatic rings. The van der Waals surface area contributed by atoms with Gasteiger partial charge in [-0.15, -0.1) is 4.99 Å². The molecule has 1 aromatic heterocycles. The van der Waals surface area contributed by atoms with Gasteiger partial charge in [-0.3, -0.25) is 9.59 Å². The van der Waals surface area contributed by atoms with Gasteiger partial charge in [0.1, 0.15) is 29.0 Å². The quantitative estimate of drug-likeness (QED) is 0.109. The standard InChI is InChI=1S/C30H50N6O4.C24H29F2N5O3/c1-2-40-29(38)33-28(36-17-19-39-20-18-36)32-26(21-24-9-5-3-6-10-24)27(37)34-30(23-31)13-15-35(16-14-30)22-25-11-7-4-8-12-25;1-31-11-9-24(14-27,10-12-31)30-22(32)18(13-15-5-3-2-4-6-15)28-21-16-7-8-17(25)19(26)20(16)34-23(33)29-21/h24-26H,2-22H2,1H3,(H,34,37)(H,32,33,38);7-8,15,18H,2-6,9-13H2,1H3,(H,30,32)(H,28,29,33). The molecule has 3 aliphatic carbocycles. The summed E-state index contributed by atoms with van der Waals surface area (Å²) in [5.74, 6) is -2.32. The van der Waals surface area contributed by atoms with E-state index in [-0.39, 0.29) is 35.5 Å². The summed E-state index contributed by atoms with van der Waals surface area (Å²) < 4.78 is 43.4. The van der Waals surface area contributed by atoms with Gasteiger partial charge in [-0.25, -0.2) is 14.0 Å². The third kappa shape index (κ3) is 15.8. The highest BCUT2D eigenvalue weighted by Crippen LogP contribution is 2.33. The van der Waals surface area contributed by atoms with Crippen LogP contribution in [0, 0.1) is 52.1 Å². The van der Waals surface area contributed by atoms with Gasteiger partial charge >= 0.3 is 11.8 Å². The van der Waals surface area contributed by atoms with E-state index in [1.165, 1.54) is 57.4 Å². The van der Waals surface area contributed by atoms with Crippen LogP contribution in [0.5, 0.6) is 0 Å². The van der Waals surface area contributed by atoms with Gasteiger partial charge in [0.15, 0.2) is 11.4 Å². The molecule has 6 fully saturated rings. The largest absolute Gasteiger partial charge is 0.448 e. The van der Waals surface area contributed by atoms with E-state index >= 15 is 0 Å². The lowest BCUT2D eigenvalue weighted by Gasteiger charge is -2.40. The fourth-order valence-electron chi connectivity index (χ4n) is 11.7. The lowest BCUT2D eigenvalue weighted by atomic mass is 9.83. The topological polar surface area (TPSA) is 231 Å². The molecule has 3 saturated carbocycles. The second-order valence-corrected chi connectivity index (χ2v) is 21.6. The number of hydrogen-bond acceptors (Lipinski definition) is 13. The minimum absolute atomic E-state index is 0.0458. The number of hydrogen-bond donors (Lipinski definition) is 4. The Bertz CT molecular complexity index is 2350. The number of carbonyl (C=O) groups is 3. The summed E-state index contributed by atoms with van der Waals surface area (Å²) in [5, 5.41) is 32.6. The molecule has 4 N–H and O–H groups in total. The Morgan fingerprint density at radius 2 is 1.31 bits per heavy atom. The Morgan fingerprint density at radius 1 is 0.784 bits per heavy atom. The number of guanidine groups is 1. The third-order valence-electron chi connectivity index (χ3n) is 16.3. The first-order valence-electron chi connectivity index (χ1n) is 27.6. The number of halogens is 2. The molecule has 2 aromatic rings. The highest BCUT2D eigenvalue weighted by Gasteiger charge is 2.41. The van der Waals surface area contributed by atoms with Gasteiger partial charge < -0.3 is 49.9 Å². The maximum Gasteiger partial charge on any atom is 0.441 e. The number of likely N-dealkylation sites (tertiary alicyclic amines) is 2. The average Bonchev–Trinajstić information content (AvgIpc) is 3.42. The van der Waals surface area contributed by atoms with Crippen LogP contribution in [0.1, 0.15) is 142 Å². The zero-order chi connectivity index (χ0) is 52.5. The summed E-state index contributed by atoms with van der Waals surface area (Å²) in [5.41, 5.74) is -2.40. The van der Waals surface area contributed by atoms with Crippen molar-refractivity contribution in [3.63, 3.8) is 0 Å². The van der Waals surface area contributed by atoms with Gasteiger partial charge in [-0.2, -0.15) is 19.9 Å². The maximum absolute atomic E-state index is 14.3. The normalized spacial score (nSPS) is 22.2. The maximum atomic E-state index is 14.3. The molecule has 3 amide bonds. The molecular weight excluding hydrogens is 953 g/mol. The molecule has 0 spiro atoms. The van der Waals surface area contributed by atoms with Gasteiger partial charge in [-0.1, -0.05) is 83.5 Å². The van der Waals surface area contributed by atoms with Crippen LogP contribution >= 0.6 is 0 Å².